The Balaban J connectivity index is 2.23. The number of rotatable bonds is 1. The standard InChI is InChI=1S/C13H7BrClFN2/c14-8-1-6-11-12(7-8)17-18(13(11)15)10-4-2-9(16)3-5-10/h1-7H. The SMILES string of the molecule is Fc1ccc(-n2nc3cc(Br)ccc3c2Cl)cc1. The van der Waals surface area contributed by atoms with Crippen LogP contribution in [-0.4, -0.2) is 9.78 Å². The van der Waals surface area contributed by atoms with Crippen molar-refractivity contribution >= 4 is 38.4 Å². The lowest BCUT2D eigenvalue weighted by atomic mass is 10.2. The zero-order valence-corrected chi connectivity index (χ0v) is 11.4. The highest BCUT2D eigenvalue weighted by molar-refractivity contribution is 9.10. The first-order chi connectivity index (χ1) is 8.65. The van der Waals surface area contributed by atoms with E-state index >= 15 is 0 Å². The Morgan fingerprint density at radius 3 is 2.56 bits per heavy atom. The predicted octanol–water partition coefficient (Wildman–Crippen LogP) is 4.58. The van der Waals surface area contributed by atoms with Gasteiger partial charge in [-0.15, -0.1) is 0 Å². The Morgan fingerprint density at radius 1 is 1.11 bits per heavy atom. The normalized spacial score (nSPS) is 11.1. The van der Waals surface area contributed by atoms with Gasteiger partial charge in [0.1, 0.15) is 11.0 Å². The van der Waals surface area contributed by atoms with Gasteiger partial charge >= 0.3 is 0 Å². The molecule has 2 aromatic carbocycles. The summed E-state index contributed by atoms with van der Waals surface area (Å²) < 4.78 is 15.4. The molecule has 0 saturated heterocycles. The number of nitrogens with zero attached hydrogens (tertiary/aromatic N) is 2. The molecule has 0 unspecified atom stereocenters. The Labute approximate surface area is 116 Å². The Bertz CT molecular complexity index is 722. The van der Waals surface area contributed by atoms with Crippen LogP contribution < -0.4 is 0 Å². The van der Waals surface area contributed by atoms with Crippen LogP contribution in [0.4, 0.5) is 4.39 Å². The molecular formula is C13H7BrClFN2. The minimum absolute atomic E-state index is 0.283. The highest BCUT2D eigenvalue weighted by Crippen LogP contribution is 2.28. The van der Waals surface area contributed by atoms with Crippen molar-refractivity contribution in [3.05, 3.63) is 57.9 Å². The summed E-state index contributed by atoms with van der Waals surface area (Å²) >= 11 is 9.67. The third-order valence-electron chi connectivity index (χ3n) is 2.65. The Kier molecular flexibility index (Phi) is 2.84. The maximum Gasteiger partial charge on any atom is 0.140 e. The maximum absolute atomic E-state index is 12.9. The van der Waals surface area contributed by atoms with Gasteiger partial charge in [-0.05, 0) is 42.5 Å². The fourth-order valence-electron chi connectivity index (χ4n) is 1.78. The molecule has 0 aliphatic carbocycles. The maximum atomic E-state index is 12.9. The Morgan fingerprint density at radius 2 is 1.83 bits per heavy atom. The van der Waals surface area contributed by atoms with Gasteiger partial charge in [0, 0.05) is 9.86 Å². The van der Waals surface area contributed by atoms with Gasteiger partial charge in [-0.1, -0.05) is 27.5 Å². The van der Waals surface area contributed by atoms with Gasteiger partial charge in [-0.3, -0.25) is 0 Å². The van der Waals surface area contributed by atoms with Crippen LogP contribution in [0.1, 0.15) is 0 Å². The van der Waals surface area contributed by atoms with Gasteiger partial charge in [-0.2, -0.15) is 5.10 Å². The summed E-state index contributed by atoms with van der Waals surface area (Å²) in [5.74, 6) is -0.283. The van der Waals surface area contributed by atoms with Crippen LogP contribution in [-0.2, 0) is 0 Å². The van der Waals surface area contributed by atoms with Crippen molar-refractivity contribution in [1.29, 1.82) is 0 Å². The van der Waals surface area contributed by atoms with Gasteiger partial charge in [-0.25, -0.2) is 9.07 Å². The number of hydrogen-bond donors (Lipinski definition) is 0. The van der Waals surface area contributed by atoms with E-state index in [0.29, 0.717) is 5.15 Å². The smallest absolute Gasteiger partial charge is 0.140 e. The van der Waals surface area contributed by atoms with E-state index in [9.17, 15) is 4.39 Å². The lowest BCUT2D eigenvalue weighted by Gasteiger charge is -2.01. The molecule has 0 aliphatic rings. The van der Waals surface area contributed by atoms with Crippen molar-refractivity contribution < 1.29 is 4.39 Å². The van der Waals surface area contributed by atoms with Gasteiger partial charge in [0.15, 0.2) is 0 Å². The van der Waals surface area contributed by atoms with E-state index in [1.54, 1.807) is 16.8 Å². The molecule has 0 radical (unpaired) electrons. The number of halogens is 3. The van der Waals surface area contributed by atoms with Crippen molar-refractivity contribution in [2.75, 3.05) is 0 Å². The van der Waals surface area contributed by atoms with Gasteiger partial charge in [0.2, 0.25) is 0 Å². The van der Waals surface area contributed by atoms with E-state index in [1.807, 2.05) is 18.2 Å². The quantitative estimate of drug-likeness (QED) is 0.640. The van der Waals surface area contributed by atoms with Crippen molar-refractivity contribution in [2.24, 2.45) is 0 Å². The molecule has 0 aliphatic heterocycles. The monoisotopic (exact) mass is 324 g/mol. The lowest BCUT2D eigenvalue weighted by Crippen LogP contribution is -1.95. The van der Waals surface area contributed by atoms with Gasteiger partial charge in [0.05, 0.1) is 11.2 Å². The summed E-state index contributed by atoms with van der Waals surface area (Å²) in [6.07, 6.45) is 0. The summed E-state index contributed by atoms with van der Waals surface area (Å²) in [6, 6.07) is 11.7. The van der Waals surface area contributed by atoms with Crippen molar-refractivity contribution in [3.63, 3.8) is 0 Å². The molecule has 0 bridgehead atoms. The number of fused-ring (bicyclic) bond motifs is 1. The van der Waals surface area contributed by atoms with Crippen molar-refractivity contribution in [2.45, 2.75) is 0 Å². The first-order valence-electron chi connectivity index (χ1n) is 5.25. The molecule has 0 amide bonds. The number of aromatic nitrogens is 2. The average molecular weight is 326 g/mol. The second kappa shape index (κ2) is 4.37. The van der Waals surface area contributed by atoms with Crippen LogP contribution in [0.3, 0.4) is 0 Å². The number of benzene rings is 2. The van der Waals surface area contributed by atoms with E-state index in [-0.39, 0.29) is 5.82 Å². The third-order valence-corrected chi connectivity index (χ3v) is 3.50. The fourth-order valence-corrected chi connectivity index (χ4v) is 2.43. The largest absolute Gasteiger partial charge is 0.221 e. The summed E-state index contributed by atoms with van der Waals surface area (Å²) in [5, 5.41) is 5.79. The van der Waals surface area contributed by atoms with Gasteiger partial charge in [0.25, 0.3) is 0 Å². The molecule has 0 fully saturated rings. The fraction of sp³-hybridized carbons (Fsp3) is 0. The van der Waals surface area contributed by atoms with Crippen molar-refractivity contribution in [1.82, 2.24) is 9.78 Å². The molecule has 2 nitrogen and oxygen atoms in total. The summed E-state index contributed by atoms with van der Waals surface area (Å²) in [7, 11) is 0. The van der Waals surface area contributed by atoms with Crippen LogP contribution in [0.25, 0.3) is 16.6 Å². The molecule has 90 valence electrons. The van der Waals surface area contributed by atoms with E-state index in [2.05, 4.69) is 21.0 Å². The molecule has 3 aromatic rings. The molecule has 0 N–H and O–H groups in total. The van der Waals surface area contributed by atoms with E-state index in [1.165, 1.54) is 12.1 Å². The second-order valence-electron chi connectivity index (χ2n) is 3.84. The summed E-state index contributed by atoms with van der Waals surface area (Å²) in [6.45, 7) is 0. The average Bonchev–Trinajstić information content (AvgIpc) is 2.67. The van der Waals surface area contributed by atoms with E-state index in [0.717, 1.165) is 21.1 Å². The van der Waals surface area contributed by atoms with Crippen LogP contribution in [0.15, 0.2) is 46.9 Å². The highest BCUT2D eigenvalue weighted by Gasteiger charge is 2.10. The van der Waals surface area contributed by atoms with Crippen LogP contribution in [0.2, 0.25) is 5.15 Å². The van der Waals surface area contributed by atoms with E-state index in [4.69, 9.17) is 11.6 Å². The van der Waals surface area contributed by atoms with Crippen LogP contribution in [0, 0.1) is 5.82 Å². The zero-order valence-electron chi connectivity index (χ0n) is 9.07. The third kappa shape index (κ3) is 1.91. The molecular weight excluding hydrogens is 319 g/mol. The lowest BCUT2D eigenvalue weighted by molar-refractivity contribution is 0.627. The first kappa shape index (κ1) is 11.7. The summed E-state index contributed by atoms with van der Waals surface area (Å²) in [5.41, 5.74) is 1.52. The molecule has 0 saturated carbocycles. The van der Waals surface area contributed by atoms with Crippen LogP contribution >= 0.6 is 27.5 Å². The molecule has 1 aromatic heterocycles. The van der Waals surface area contributed by atoms with Gasteiger partial charge < -0.3 is 0 Å². The second-order valence-corrected chi connectivity index (χ2v) is 5.11. The molecule has 5 heteroatoms. The van der Waals surface area contributed by atoms with Crippen LogP contribution in [0.5, 0.6) is 0 Å². The van der Waals surface area contributed by atoms with Crippen molar-refractivity contribution in [3.8, 4) is 5.69 Å². The first-order valence-corrected chi connectivity index (χ1v) is 6.42. The molecule has 18 heavy (non-hydrogen) atoms. The number of hydrogen-bond acceptors (Lipinski definition) is 1. The molecule has 0 atom stereocenters. The molecule has 1 heterocycles. The molecule has 3 rings (SSSR count). The Hall–Kier alpha value is -1.39. The minimum atomic E-state index is -0.283. The predicted molar refractivity (Wildman–Crippen MR) is 73.7 cm³/mol. The molecule has 0 spiro atoms. The van der Waals surface area contributed by atoms with E-state index < -0.39 is 0 Å². The summed E-state index contributed by atoms with van der Waals surface area (Å²) in [4.78, 5) is 0. The topological polar surface area (TPSA) is 17.8 Å². The zero-order chi connectivity index (χ0) is 12.7. The highest BCUT2D eigenvalue weighted by atomic mass is 79.9. The minimum Gasteiger partial charge on any atom is -0.221 e.